The van der Waals surface area contributed by atoms with Gasteiger partial charge < -0.3 is 10.0 Å². The second-order valence-corrected chi connectivity index (χ2v) is 4.62. The Morgan fingerprint density at radius 2 is 1.79 bits per heavy atom. The highest BCUT2D eigenvalue weighted by Crippen LogP contribution is 2.38. The van der Waals surface area contributed by atoms with Crippen molar-refractivity contribution >= 4 is 11.7 Å². The third-order valence-corrected chi connectivity index (χ3v) is 3.01. The Bertz CT molecular complexity index is 469. The maximum absolute atomic E-state index is 13.0. The van der Waals surface area contributed by atoms with Crippen LogP contribution in [0.4, 0.5) is 18.9 Å². The minimum absolute atomic E-state index is 0.120. The van der Waals surface area contributed by atoms with E-state index in [0.29, 0.717) is 0 Å². The Labute approximate surface area is 109 Å². The van der Waals surface area contributed by atoms with Crippen LogP contribution in [0.1, 0.15) is 26.3 Å². The van der Waals surface area contributed by atoms with Crippen LogP contribution in [0.3, 0.4) is 0 Å². The van der Waals surface area contributed by atoms with Gasteiger partial charge in [0.1, 0.15) is 5.54 Å². The number of nitrogens with zero attached hydrogens (tertiary/aromatic N) is 1. The van der Waals surface area contributed by atoms with Crippen molar-refractivity contribution in [3.8, 4) is 0 Å². The summed E-state index contributed by atoms with van der Waals surface area (Å²) < 4.78 is 38.9. The first-order chi connectivity index (χ1) is 8.62. The molecule has 3 nitrogen and oxygen atoms in total. The zero-order valence-corrected chi connectivity index (χ0v) is 11.0. The predicted octanol–water partition coefficient (Wildman–Crippen LogP) is 3.39. The molecule has 1 N–H and O–H groups in total. The Kier molecular flexibility index (Phi) is 4.12. The number of alkyl halides is 3. The standard InChI is InChI=1S/C13H16F3NO2/c1-4-17(12(2,3)11(18)19)10-8-6-5-7-9(10)13(14,15)16/h5-8H,4H2,1-3H3,(H,18,19). The summed E-state index contributed by atoms with van der Waals surface area (Å²) in [5.41, 5.74) is -2.37. The zero-order chi connectivity index (χ0) is 14.8. The van der Waals surface area contributed by atoms with Gasteiger partial charge in [-0.1, -0.05) is 12.1 Å². The summed E-state index contributed by atoms with van der Waals surface area (Å²) in [7, 11) is 0. The molecule has 0 unspecified atom stereocenters. The summed E-state index contributed by atoms with van der Waals surface area (Å²) in [6.07, 6.45) is -4.52. The molecule has 6 heteroatoms. The van der Waals surface area contributed by atoms with Crippen molar-refractivity contribution in [2.75, 3.05) is 11.4 Å². The number of likely N-dealkylation sites (N-methyl/N-ethyl adjacent to an activating group) is 1. The van der Waals surface area contributed by atoms with E-state index in [1.54, 1.807) is 6.92 Å². The zero-order valence-electron chi connectivity index (χ0n) is 11.0. The normalized spacial score (nSPS) is 12.3. The van der Waals surface area contributed by atoms with Crippen LogP contribution in [-0.2, 0) is 11.0 Å². The Hall–Kier alpha value is -1.72. The fourth-order valence-electron chi connectivity index (χ4n) is 1.93. The maximum Gasteiger partial charge on any atom is 0.418 e. The number of carbonyl (C=O) groups is 1. The third kappa shape index (κ3) is 3.00. The van der Waals surface area contributed by atoms with Crippen molar-refractivity contribution in [1.29, 1.82) is 0 Å². The third-order valence-electron chi connectivity index (χ3n) is 3.01. The Morgan fingerprint density at radius 1 is 1.26 bits per heavy atom. The number of carboxylic acids is 1. The fraction of sp³-hybridized carbons (Fsp3) is 0.462. The Morgan fingerprint density at radius 3 is 2.21 bits per heavy atom. The molecule has 0 heterocycles. The summed E-state index contributed by atoms with van der Waals surface area (Å²) in [6.45, 7) is 4.54. The van der Waals surface area contributed by atoms with Crippen LogP contribution < -0.4 is 4.90 Å². The van der Waals surface area contributed by atoms with Crippen LogP contribution in [-0.4, -0.2) is 23.2 Å². The smallest absolute Gasteiger partial charge is 0.418 e. The van der Waals surface area contributed by atoms with Crippen LogP contribution in [0.5, 0.6) is 0 Å². The highest BCUT2D eigenvalue weighted by molar-refractivity contribution is 5.83. The average molecular weight is 275 g/mol. The lowest BCUT2D eigenvalue weighted by Crippen LogP contribution is -2.51. The van der Waals surface area contributed by atoms with Gasteiger partial charge in [0.15, 0.2) is 0 Å². The van der Waals surface area contributed by atoms with E-state index >= 15 is 0 Å². The topological polar surface area (TPSA) is 40.5 Å². The summed E-state index contributed by atoms with van der Waals surface area (Å²) in [4.78, 5) is 12.5. The lowest BCUT2D eigenvalue weighted by molar-refractivity contribution is -0.143. The van der Waals surface area contributed by atoms with Gasteiger partial charge >= 0.3 is 12.1 Å². The molecule has 0 radical (unpaired) electrons. The van der Waals surface area contributed by atoms with Gasteiger partial charge in [0.2, 0.25) is 0 Å². The second kappa shape index (κ2) is 5.11. The molecule has 0 saturated heterocycles. The molecule has 0 spiro atoms. The van der Waals surface area contributed by atoms with Crippen molar-refractivity contribution in [3.63, 3.8) is 0 Å². The van der Waals surface area contributed by atoms with Gasteiger partial charge in [0, 0.05) is 12.2 Å². The van der Waals surface area contributed by atoms with Crippen molar-refractivity contribution < 1.29 is 23.1 Å². The van der Waals surface area contributed by atoms with Crippen molar-refractivity contribution in [2.24, 2.45) is 0 Å². The minimum atomic E-state index is -4.52. The summed E-state index contributed by atoms with van der Waals surface area (Å²) in [6, 6.07) is 4.99. The van der Waals surface area contributed by atoms with Gasteiger partial charge in [-0.05, 0) is 32.9 Å². The van der Waals surface area contributed by atoms with Gasteiger partial charge in [0.25, 0.3) is 0 Å². The van der Waals surface area contributed by atoms with Crippen LogP contribution in [0.2, 0.25) is 0 Å². The molecule has 0 saturated carbocycles. The molecule has 0 amide bonds. The molecular formula is C13H16F3NO2. The highest BCUT2D eigenvalue weighted by atomic mass is 19.4. The molecule has 19 heavy (non-hydrogen) atoms. The van der Waals surface area contributed by atoms with E-state index in [1.807, 2.05) is 0 Å². The molecule has 0 fully saturated rings. The van der Waals surface area contributed by atoms with Crippen LogP contribution >= 0.6 is 0 Å². The molecular weight excluding hydrogens is 259 g/mol. The summed E-state index contributed by atoms with van der Waals surface area (Å²) in [5.74, 6) is -1.17. The van der Waals surface area contributed by atoms with Crippen LogP contribution in [0.25, 0.3) is 0 Å². The van der Waals surface area contributed by atoms with Gasteiger partial charge in [-0.2, -0.15) is 13.2 Å². The van der Waals surface area contributed by atoms with E-state index in [1.165, 1.54) is 36.9 Å². The largest absolute Gasteiger partial charge is 0.480 e. The number of anilines is 1. The Balaban J connectivity index is 3.39. The number of rotatable bonds is 4. The van der Waals surface area contributed by atoms with Crippen molar-refractivity contribution in [3.05, 3.63) is 29.8 Å². The fourth-order valence-corrected chi connectivity index (χ4v) is 1.93. The van der Waals surface area contributed by atoms with E-state index in [9.17, 15) is 23.1 Å². The number of benzene rings is 1. The van der Waals surface area contributed by atoms with E-state index in [0.717, 1.165) is 6.07 Å². The summed E-state index contributed by atoms with van der Waals surface area (Å²) in [5, 5.41) is 9.17. The van der Waals surface area contributed by atoms with E-state index < -0.39 is 23.2 Å². The monoisotopic (exact) mass is 275 g/mol. The molecule has 1 aromatic rings. The lowest BCUT2D eigenvalue weighted by atomic mass is 10.00. The molecule has 0 aliphatic heterocycles. The van der Waals surface area contributed by atoms with Gasteiger partial charge in [-0.15, -0.1) is 0 Å². The first-order valence-electron chi connectivity index (χ1n) is 5.79. The number of hydrogen-bond donors (Lipinski definition) is 1. The molecule has 1 rings (SSSR count). The molecule has 0 atom stereocenters. The van der Waals surface area contributed by atoms with Gasteiger partial charge in [-0.3, -0.25) is 0 Å². The van der Waals surface area contributed by atoms with Crippen molar-refractivity contribution in [2.45, 2.75) is 32.5 Å². The molecule has 0 bridgehead atoms. The molecule has 0 aliphatic carbocycles. The van der Waals surface area contributed by atoms with E-state index in [4.69, 9.17) is 0 Å². The molecule has 106 valence electrons. The molecule has 1 aromatic carbocycles. The first kappa shape index (κ1) is 15.3. The second-order valence-electron chi connectivity index (χ2n) is 4.62. The summed E-state index contributed by atoms with van der Waals surface area (Å²) >= 11 is 0. The van der Waals surface area contributed by atoms with Crippen LogP contribution in [0, 0.1) is 0 Å². The number of hydrogen-bond acceptors (Lipinski definition) is 2. The van der Waals surface area contributed by atoms with Crippen molar-refractivity contribution in [1.82, 2.24) is 0 Å². The van der Waals surface area contributed by atoms with Gasteiger partial charge in [-0.25, -0.2) is 4.79 Å². The van der Waals surface area contributed by atoms with E-state index in [-0.39, 0.29) is 12.2 Å². The molecule has 0 aliphatic rings. The number of halogens is 3. The number of aliphatic carboxylic acids is 1. The maximum atomic E-state index is 13.0. The highest BCUT2D eigenvalue weighted by Gasteiger charge is 2.40. The SMILES string of the molecule is CCN(c1ccccc1C(F)(F)F)C(C)(C)C(=O)O. The van der Waals surface area contributed by atoms with Gasteiger partial charge in [0.05, 0.1) is 5.56 Å². The number of carboxylic acid groups (broad SMARTS) is 1. The van der Waals surface area contributed by atoms with E-state index in [2.05, 4.69) is 0 Å². The lowest BCUT2D eigenvalue weighted by Gasteiger charge is -2.37. The molecule has 0 aromatic heterocycles. The predicted molar refractivity (Wildman–Crippen MR) is 66.2 cm³/mol. The number of para-hydroxylation sites is 1. The average Bonchev–Trinajstić information content (AvgIpc) is 2.28. The van der Waals surface area contributed by atoms with Crippen LogP contribution in [0.15, 0.2) is 24.3 Å². The quantitative estimate of drug-likeness (QED) is 0.915. The first-order valence-corrected chi connectivity index (χ1v) is 5.79. The minimum Gasteiger partial charge on any atom is -0.480 e.